The van der Waals surface area contributed by atoms with Gasteiger partial charge in [-0.1, -0.05) is 27.7 Å². The SMILES string of the molecule is CCOC(=O)[C@H](C)C[P@](=O)(Oc1ccc(F)cc1)C(C)(C)C. The maximum absolute atomic E-state index is 13.3. The molecule has 1 aromatic carbocycles. The van der Waals surface area contributed by atoms with Gasteiger partial charge in [-0.2, -0.15) is 0 Å². The Morgan fingerprint density at radius 1 is 1.27 bits per heavy atom. The van der Waals surface area contributed by atoms with Crippen LogP contribution >= 0.6 is 7.37 Å². The Morgan fingerprint density at radius 3 is 2.27 bits per heavy atom. The van der Waals surface area contributed by atoms with E-state index in [1.807, 2.05) is 0 Å². The van der Waals surface area contributed by atoms with Gasteiger partial charge in [0.05, 0.1) is 12.5 Å². The van der Waals surface area contributed by atoms with Crippen LogP contribution in [0.1, 0.15) is 34.6 Å². The number of ether oxygens (including phenoxy) is 1. The van der Waals surface area contributed by atoms with Crippen molar-refractivity contribution in [2.45, 2.75) is 39.8 Å². The molecule has 0 fully saturated rings. The normalized spacial score (nSPS) is 15.7. The van der Waals surface area contributed by atoms with Crippen molar-refractivity contribution in [2.24, 2.45) is 5.92 Å². The van der Waals surface area contributed by atoms with Crippen LogP contribution in [0.15, 0.2) is 24.3 Å². The molecule has 0 amide bonds. The maximum atomic E-state index is 13.3. The molecule has 0 aliphatic heterocycles. The molecule has 6 heteroatoms. The smallest absolute Gasteiger partial charge is 0.309 e. The Bertz CT molecular complexity index is 548. The zero-order chi connectivity index (χ0) is 17.0. The third kappa shape index (κ3) is 4.84. The van der Waals surface area contributed by atoms with Crippen molar-refractivity contribution in [3.8, 4) is 5.75 Å². The van der Waals surface area contributed by atoms with Crippen molar-refractivity contribution in [3.63, 3.8) is 0 Å². The molecular weight excluding hydrogens is 306 g/mol. The molecule has 124 valence electrons. The second-order valence-corrected chi connectivity index (χ2v) is 9.46. The van der Waals surface area contributed by atoms with Crippen LogP contribution in [-0.4, -0.2) is 23.9 Å². The lowest BCUT2D eigenvalue weighted by molar-refractivity contribution is -0.146. The van der Waals surface area contributed by atoms with Gasteiger partial charge in [0.1, 0.15) is 11.6 Å². The molecule has 0 heterocycles. The predicted octanol–water partition coefficient (Wildman–Crippen LogP) is 4.48. The molecule has 2 atom stereocenters. The summed E-state index contributed by atoms with van der Waals surface area (Å²) in [5.74, 6) is -0.992. The van der Waals surface area contributed by atoms with Gasteiger partial charge in [0.25, 0.3) is 7.37 Å². The summed E-state index contributed by atoms with van der Waals surface area (Å²) in [6, 6.07) is 5.36. The minimum Gasteiger partial charge on any atom is -0.466 e. The van der Waals surface area contributed by atoms with Crippen LogP contribution in [0.3, 0.4) is 0 Å². The lowest BCUT2D eigenvalue weighted by Crippen LogP contribution is -2.27. The Hall–Kier alpha value is -1.35. The minimum absolute atomic E-state index is 0.0761. The summed E-state index contributed by atoms with van der Waals surface area (Å²) in [7, 11) is -3.20. The summed E-state index contributed by atoms with van der Waals surface area (Å²) in [6.07, 6.45) is 0.0761. The summed E-state index contributed by atoms with van der Waals surface area (Å²) in [5, 5.41) is -0.651. The number of rotatable bonds is 6. The maximum Gasteiger partial charge on any atom is 0.309 e. The summed E-state index contributed by atoms with van der Waals surface area (Å²) in [6.45, 7) is 9.08. The number of carbonyl (C=O) groups excluding carboxylic acids is 1. The van der Waals surface area contributed by atoms with E-state index < -0.39 is 30.2 Å². The van der Waals surface area contributed by atoms with E-state index in [1.165, 1.54) is 24.3 Å². The first kappa shape index (κ1) is 18.7. The van der Waals surface area contributed by atoms with E-state index in [0.717, 1.165) is 0 Å². The fourth-order valence-electron chi connectivity index (χ4n) is 1.83. The molecule has 4 nitrogen and oxygen atoms in total. The van der Waals surface area contributed by atoms with Crippen LogP contribution in [0.25, 0.3) is 0 Å². The van der Waals surface area contributed by atoms with Crippen molar-refractivity contribution in [3.05, 3.63) is 30.1 Å². The topological polar surface area (TPSA) is 52.6 Å². The molecule has 1 rings (SSSR count). The zero-order valence-electron chi connectivity index (χ0n) is 13.8. The van der Waals surface area contributed by atoms with E-state index in [1.54, 1.807) is 34.6 Å². The van der Waals surface area contributed by atoms with Gasteiger partial charge in [-0.05, 0) is 31.2 Å². The van der Waals surface area contributed by atoms with E-state index in [-0.39, 0.29) is 12.8 Å². The van der Waals surface area contributed by atoms with Crippen LogP contribution in [0.2, 0.25) is 0 Å². The second kappa shape index (κ2) is 7.28. The van der Waals surface area contributed by atoms with Crippen molar-refractivity contribution in [1.82, 2.24) is 0 Å². The molecule has 0 saturated carbocycles. The van der Waals surface area contributed by atoms with Gasteiger partial charge in [0.2, 0.25) is 0 Å². The van der Waals surface area contributed by atoms with Crippen molar-refractivity contribution in [2.75, 3.05) is 12.8 Å². The molecule has 1 aromatic rings. The highest BCUT2D eigenvalue weighted by atomic mass is 31.2. The zero-order valence-corrected chi connectivity index (χ0v) is 14.7. The summed E-state index contributed by atoms with van der Waals surface area (Å²) >= 11 is 0. The quantitative estimate of drug-likeness (QED) is 0.570. The fourth-order valence-corrected chi connectivity index (χ4v) is 4.06. The van der Waals surface area contributed by atoms with Gasteiger partial charge >= 0.3 is 5.97 Å². The number of esters is 1. The average Bonchev–Trinajstić information content (AvgIpc) is 2.40. The molecule has 0 aliphatic carbocycles. The van der Waals surface area contributed by atoms with E-state index in [9.17, 15) is 13.8 Å². The molecule has 0 radical (unpaired) electrons. The van der Waals surface area contributed by atoms with Gasteiger partial charge in [-0.25, -0.2) is 4.39 Å². The highest BCUT2D eigenvalue weighted by Crippen LogP contribution is 2.59. The van der Waals surface area contributed by atoms with Crippen molar-refractivity contribution >= 4 is 13.3 Å². The summed E-state index contributed by atoms with van der Waals surface area (Å²) < 4.78 is 36.9. The first-order chi connectivity index (χ1) is 10.1. The Morgan fingerprint density at radius 2 is 1.82 bits per heavy atom. The lowest BCUT2D eigenvalue weighted by atomic mass is 10.2. The number of halogens is 1. The van der Waals surface area contributed by atoms with Gasteiger partial charge in [-0.15, -0.1) is 0 Å². The molecule has 0 N–H and O–H groups in total. The molecule has 22 heavy (non-hydrogen) atoms. The van der Waals surface area contributed by atoms with Crippen LogP contribution in [-0.2, 0) is 14.1 Å². The number of hydrogen-bond donors (Lipinski definition) is 0. The van der Waals surface area contributed by atoms with E-state index in [0.29, 0.717) is 5.75 Å². The van der Waals surface area contributed by atoms with Crippen LogP contribution in [0, 0.1) is 11.7 Å². The molecular formula is C16H24FO4P. The molecule has 0 spiro atoms. The molecule has 0 aromatic heterocycles. The number of carbonyl (C=O) groups is 1. The highest BCUT2D eigenvalue weighted by molar-refractivity contribution is 7.61. The molecule has 0 unspecified atom stereocenters. The largest absolute Gasteiger partial charge is 0.466 e. The summed E-state index contributed by atoms with van der Waals surface area (Å²) in [4.78, 5) is 11.8. The molecule has 0 saturated heterocycles. The van der Waals surface area contributed by atoms with Gasteiger partial charge in [0, 0.05) is 11.3 Å². The Labute approximate surface area is 131 Å². The standard InChI is InChI=1S/C16H24FO4P/c1-6-20-15(18)12(2)11-22(19,16(3,4)5)21-14-9-7-13(17)8-10-14/h7-10,12H,6,11H2,1-5H3/t12-,22+/m1/s1. The predicted molar refractivity (Wildman–Crippen MR) is 85.1 cm³/mol. The monoisotopic (exact) mass is 330 g/mol. The number of benzene rings is 1. The fraction of sp³-hybridized carbons (Fsp3) is 0.562. The summed E-state index contributed by atoms with van der Waals surface area (Å²) in [5.41, 5.74) is 0. The van der Waals surface area contributed by atoms with Gasteiger partial charge in [0.15, 0.2) is 0 Å². The van der Waals surface area contributed by atoms with Gasteiger partial charge in [-0.3, -0.25) is 9.36 Å². The van der Waals surface area contributed by atoms with Crippen LogP contribution in [0.5, 0.6) is 5.75 Å². The van der Waals surface area contributed by atoms with E-state index >= 15 is 0 Å². The Balaban J connectivity index is 2.98. The third-order valence-corrected chi connectivity index (χ3v) is 6.87. The average molecular weight is 330 g/mol. The third-order valence-electron chi connectivity index (χ3n) is 3.29. The lowest BCUT2D eigenvalue weighted by Gasteiger charge is -2.32. The molecule has 0 bridgehead atoms. The van der Waals surface area contributed by atoms with E-state index in [4.69, 9.17) is 9.26 Å². The van der Waals surface area contributed by atoms with Gasteiger partial charge < -0.3 is 9.26 Å². The molecule has 0 aliphatic rings. The number of hydrogen-bond acceptors (Lipinski definition) is 4. The first-order valence-electron chi connectivity index (χ1n) is 7.30. The van der Waals surface area contributed by atoms with Crippen molar-refractivity contribution < 1.29 is 23.0 Å². The highest BCUT2D eigenvalue weighted by Gasteiger charge is 2.42. The van der Waals surface area contributed by atoms with Crippen LogP contribution in [0.4, 0.5) is 4.39 Å². The van der Waals surface area contributed by atoms with Crippen molar-refractivity contribution in [1.29, 1.82) is 0 Å². The second-order valence-electron chi connectivity index (χ2n) is 6.23. The minimum atomic E-state index is -3.20. The van der Waals surface area contributed by atoms with Crippen LogP contribution < -0.4 is 4.52 Å². The Kier molecular flexibility index (Phi) is 6.18. The first-order valence-corrected chi connectivity index (χ1v) is 9.11. The van der Waals surface area contributed by atoms with E-state index in [2.05, 4.69) is 0 Å².